The van der Waals surface area contributed by atoms with Crippen LogP contribution in [0.1, 0.15) is 18.1 Å². The van der Waals surface area contributed by atoms with E-state index in [0.717, 1.165) is 11.1 Å². The predicted molar refractivity (Wildman–Crippen MR) is 124 cm³/mol. The molecule has 4 rings (SSSR count). The Bertz CT molecular complexity index is 1350. The molecule has 0 unspecified atom stereocenters. The fourth-order valence-corrected chi connectivity index (χ4v) is 7.09. The average Bonchev–Trinajstić information content (AvgIpc) is 3.29. The summed E-state index contributed by atoms with van der Waals surface area (Å²) in [7, 11) is -7.44. The zero-order valence-corrected chi connectivity index (χ0v) is 19.6. The molecule has 2 N–H and O–H groups in total. The van der Waals surface area contributed by atoms with Crippen LogP contribution in [0, 0.1) is 0 Å². The van der Waals surface area contributed by atoms with Crippen LogP contribution in [0.5, 0.6) is 0 Å². The Morgan fingerprint density at radius 2 is 1.69 bits per heavy atom. The molecular weight excluding hydrogens is 470 g/mol. The normalized spacial score (nSPS) is 14.5. The van der Waals surface area contributed by atoms with E-state index >= 15 is 0 Å². The summed E-state index contributed by atoms with van der Waals surface area (Å²) in [6.07, 6.45) is 0.553. The van der Waals surface area contributed by atoms with Crippen LogP contribution in [-0.4, -0.2) is 33.6 Å². The highest BCUT2D eigenvalue weighted by Gasteiger charge is 2.29. The van der Waals surface area contributed by atoms with Crippen LogP contribution < -0.4 is 10.0 Å². The number of nitrogens with zero attached hydrogens (tertiary/aromatic N) is 1. The molecule has 3 aromatic rings. The highest BCUT2D eigenvalue weighted by molar-refractivity contribution is 7.92. The van der Waals surface area contributed by atoms with E-state index in [-0.39, 0.29) is 17.3 Å². The van der Waals surface area contributed by atoms with Gasteiger partial charge in [0, 0.05) is 31.4 Å². The Labute approximate surface area is 191 Å². The second-order valence-corrected chi connectivity index (χ2v) is 12.1. The van der Waals surface area contributed by atoms with Crippen LogP contribution in [0.25, 0.3) is 0 Å². The van der Waals surface area contributed by atoms with Gasteiger partial charge in [0.25, 0.3) is 20.0 Å². The summed E-state index contributed by atoms with van der Waals surface area (Å²) >= 11 is 1.17. The summed E-state index contributed by atoms with van der Waals surface area (Å²) in [5.74, 6) is -0.247. The van der Waals surface area contributed by atoms with Crippen LogP contribution in [0.4, 0.5) is 11.4 Å². The number of hydrogen-bond donors (Lipinski definition) is 2. The first-order valence-corrected chi connectivity index (χ1v) is 13.5. The lowest BCUT2D eigenvalue weighted by atomic mass is 10.0. The van der Waals surface area contributed by atoms with Gasteiger partial charge in [-0.25, -0.2) is 16.8 Å². The number of benzene rings is 2. The average molecular weight is 492 g/mol. The summed E-state index contributed by atoms with van der Waals surface area (Å²) in [4.78, 5) is 11.2. The summed E-state index contributed by atoms with van der Waals surface area (Å²) in [5, 5.41) is 4.31. The summed E-state index contributed by atoms with van der Waals surface area (Å²) in [6.45, 7) is 1.92. The standard InChI is InChI=1S/C21H21N3O5S3/c1-15(25)22-18-6-8-20(9-7-18)31(26,27)23-19-5-4-16-10-11-24(14-17(16)13-19)32(28,29)21-3-2-12-30-21/h2-9,12-13,23H,10-11,14H2,1H3,(H,22,25). The van der Waals surface area contributed by atoms with E-state index < -0.39 is 20.0 Å². The largest absolute Gasteiger partial charge is 0.326 e. The second-order valence-electron chi connectivity index (χ2n) is 7.32. The fraction of sp³-hybridized carbons (Fsp3) is 0.190. The maximum Gasteiger partial charge on any atom is 0.261 e. The topological polar surface area (TPSA) is 113 Å². The maximum atomic E-state index is 12.8. The van der Waals surface area contributed by atoms with Crippen molar-refractivity contribution < 1.29 is 21.6 Å². The van der Waals surface area contributed by atoms with Gasteiger partial charge in [0.05, 0.1) is 4.90 Å². The first-order chi connectivity index (χ1) is 15.1. The molecule has 32 heavy (non-hydrogen) atoms. The summed E-state index contributed by atoms with van der Waals surface area (Å²) < 4.78 is 55.5. The molecule has 168 valence electrons. The number of carbonyl (C=O) groups is 1. The quantitative estimate of drug-likeness (QED) is 0.550. The van der Waals surface area contributed by atoms with E-state index in [1.54, 1.807) is 29.6 Å². The van der Waals surface area contributed by atoms with E-state index in [0.29, 0.717) is 28.5 Å². The number of rotatable bonds is 6. The van der Waals surface area contributed by atoms with Crippen molar-refractivity contribution in [1.82, 2.24) is 4.31 Å². The summed E-state index contributed by atoms with van der Waals surface area (Å²) in [5.41, 5.74) is 2.60. The molecule has 0 saturated heterocycles. The molecule has 11 heteroatoms. The SMILES string of the molecule is CC(=O)Nc1ccc(S(=O)(=O)Nc2ccc3c(c2)CN(S(=O)(=O)c2cccs2)CC3)cc1. The predicted octanol–water partition coefficient (Wildman–Crippen LogP) is 3.25. The lowest BCUT2D eigenvalue weighted by molar-refractivity contribution is -0.114. The van der Waals surface area contributed by atoms with Gasteiger partial charge in [-0.1, -0.05) is 12.1 Å². The number of amides is 1. The molecule has 0 atom stereocenters. The Morgan fingerprint density at radius 3 is 2.34 bits per heavy atom. The minimum absolute atomic E-state index is 0.0474. The second kappa shape index (κ2) is 8.66. The minimum atomic E-state index is -3.86. The minimum Gasteiger partial charge on any atom is -0.326 e. The third-order valence-electron chi connectivity index (χ3n) is 5.01. The summed E-state index contributed by atoms with van der Waals surface area (Å²) in [6, 6.07) is 14.3. The van der Waals surface area contributed by atoms with Gasteiger partial charge < -0.3 is 5.32 Å². The highest BCUT2D eigenvalue weighted by Crippen LogP contribution is 2.29. The molecule has 0 saturated carbocycles. The van der Waals surface area contributed by atoms with Gasteiger partial charge in [-0.15, -0.1) is 11.3 Å². The third-order valence-corrected chi connectivity index (χ3v) is 9.63. The van der Waals surface area contributed by atoms with Gasteiger partial charge in [-0.3, -0.25) is 9.52 Å². The van der Waals surface area contributed by atoms with Crippen LogP contribution in [0.2, 0.25) is 0 Å². The molecule has 1 amide bonds. The van der Waals surface area contributed by atoms with Gasteiger partial charge in [-0.2, -0.15) is 4.31 Å². The highest BCUT2D eigenvalue weighted by atomic mass is 32.2. The number of hydrogen-bond acceptors (Lipinski definition) is 6. The molecule has 0 spiro atoms. The van der Waals surface area contributed by atoms with Gasteiger partial charge in [0.2, 0.25) is 5.91 Å². The van der Waals surface area contributed by atoms with Crippen LogP contribution >= 0.6 is 11.3 Å². The molecule has 0 radical (unpaired) electrons. The zero-order chi connectivity index (χ0) is 22.9. The molecule has 0 fully saturated rings. The van der Waals surface area contributed by atoms with Crippen molar-refractivity contribution >= 4 is 48.7 Å². The van der Waals surface area contributed by atoms with Crippen molar-refractivity contribution in [2.24, 2.45) is 0 Å². The smallest absolute Gasteiger partial charge is 0.261 e. The molecule has 1 aliphatic rings. The van der Waals surface area contributed by atoms with E-state index in [1.807, 2.05) is 6.07 Å². The van der Waals surface area contributed by atoms with Crippen molar-refractivity contribution in [2.45, 2.75) is 29.0 Å². The molecule has 0 bridgehead atoms. The molecule has 1 aliphatic heterocycles. The van der Waals surface area contributed by atoms with E-state index in [9.17, 15) is 21.6 Å². The molecule has 2 aromatic carbocycles. The lowest BCUT2D eigenvalue weighted by Gasteiger charge is -2.28. The molecule has 0 aliphatic carbocycles. The molecule has 1 aromatic heterocycles. The Balaban J connectivity index is 1.54. The van der Waals surface area contributed by atoms with Crippen LogP contribution in [0.3, 0.4) is 0 Å². The Morgan fingerprint density at radius 1 is 0.969 bits per heavy atom. The first kappa shape index (κ1) is 22.5. The van der Waals surface area contributed by atoms with Crippen molar-refractivity contribution in [3.63, 3.8) is 0 Å². The van der Waals surface area contributed by atoms with Crippen molar-refractivity contribution in [3.8, 4) is 0 Å². The lowest BCUT2D eigenvalue weighted by Crippen LogP contribution is -2.35. The molecule has 2 heterocycles. The van der Waals surface area contributed by atoms with E-state index in [4.69, 9.17) is 0 Å². The van der Waals surface area contributed by atoms with Crippen molar-refractivity contribution in [1.29, 1.82) is 0 Å². The first-order valence-electron chi connectivity index (χ1n) is 9.71. The monoisotopic (exact) mass is 491 g/mol. The van der Waals surface area contributed by atoms with Crippen molar-refractivity contribution in [3.05, 3.63) is 71.1 Å². The molecular formula is C21H21N3O5S3. The number of sulfonamides is 2. The molecule has 8 nitrogen and oxygen atoms in total. The Kier molecular flexibility index (Phi) is 6.08. The number of fused-ring (bicyclic) bond motifs is 1. The van der Waals surface area contributed by atoms with Gasteiger partial charge in [-0.05, 0) is 65.4 Å². The number of thiophene rings is 1. The zero-order valence-electron chi connectivity index (χ0n) is 17.1. The van der Waals surface area contributed by atoms with Crippen LogP contribution in [0.15, 0.2) is 69.1 Å². The van der Waals surface area contributed by atoms with Gasteiger partial charge in [0.15, 0.2) is 0 Å². The van der Waals surface area contributed by atoms with E-state index in [2.05, 4.69) is 10.0 Å². The van der Waals surface area contributed by atoms with Crippen LogP contribution in [-0.2, 0) is 37.8 Å². The third kappa shape index (κ3) is 4.70. The number of nitrogens with one attached hydrogen (secondary N) is 2. The Hall–Kier alpha value is -2.73. The van der Waals surface area contributed by atoms with Gasteiger partial charge in [0.1, 0.15) is 4.21 Å². The van der Waals surface area contributed by atoms with Gasteiger partial charge >= 0.3 is 0 Å². The number of anilines is 2. The maximum absolute atomic E-state index is 12.8. The van der Waals surface area contributed by atoms with Crippen molar-refractivity contribution in [2.75, 3.05) is 16.6 Å². The fourth-order valence-electron chi connectivity index (χ4n) is 3.47. The number of carbonyl (C=O) groups excluding carboxylic acids is 1. The van der Waals surface area contributed by atoms with E-state index in [1.165, 1.54) is 46.8 Å².